The highest BCUT2D eigenvalue weighted by molar-refractivity contribution is 9.09. The predicted molar refractivity (Wildman–Crippen MR) is 83.2 cm³/mol. The van der Waals surface area contributed by atoms with Crippen molar-refractivity contribution in [1.82, 2.24) is 5.32 Å². The molecule has 0 saturated carbocycles. The second-order valence-electron chi connectivity index (χ2n) is 5.45. The monoisotopic (exact) mass is 357 g/mol. The number of amides is 1. The van der Waals surface area contributed by atoms with Crippen LogP contribution < -0.4 is 5.32 Å². The van der Waals surface area contributed by atoms with E-state index in [2.05, 4.69) is 21.2 Å². The normalized spacial score (nSPS) is 12.4. The van der Waals surface area contributed by atoms with Crippen molar-refractivity contribution in [2.24, 2.45) is 0 Å². The third-order valence-electron chi connectivity index (χ3n) is 2.35. The van der Waals surface area contributed by atoms with Crippen molar-refractivity contribution in [2.75, 3.05) is 5.33 Å². The molecule has 1 rings (SSSR count). The largest absolute Gasteiger partial charge is 0.459 e. The van der Waals surface area contributed by atoms with Crippen LogP contribution in [-0.4, -0.2) is 29.0 Å². The maximum absolute atomic E-state index is 11.9. The highest BCUT2D eigenvalue weighted by Crippen LogP contribution is 2.08. The average molecular weight is 358 g/mol. The van der Waals surface area contributed by atoms with Gasteiger partial charge in [0.15, 0.2) is 0 Å². The number of hydrogen-bond donors (Lipinski definition) is 1. The molecule has 0 spiro atoms. The molecule has 1 amide bonds. The fourth-order valence-electron chi connectivity index (χ4n) is 1.44. The minimum absolute atomic E-state index is 0.166. The summed E-state index contributed by atoms with van der Waals surface area (Å²) in [5, 5.41) is 2.73. The Hall–Kier alpha value is -1.56. The molecule has 0 heterocycles. The first-order valence-corrected chi connectivity index (χ1v) is 7.70. The lowest BCUT2D eigenvalue weighted by Crippen LogP contribution is -2.45. The van der Waals surface area contributed by atoms with E-state index in [9.17, 15) is 9.59 Å². The molecule has 1 aromatic carbocycles. The highest BCUT2D eigenvalue weighted by atomic mass is 79.9. The van der Waals surface area contributed by atoms with Crippen LogP contribution in [0.25, 0.3) is 0 Å². The first-order chi connectivity index (χ1) is 9.81. The Morgan fingerprint density at radius 2 is 1.86 bits per heavy atom. The number of carbonyl (C=O) groups is 2. The van der Waals surface area contributed by atoms with Gasteiger partial charge in [-0.15, -0.1) is 0 Å². The van der Waals surface area contributed by atoms with Crippen molar-refractivity contribution in [3.05, 3.63) is 35.9 Å². The van der Waals surface area contributed by atoms with Crippen LogP contribution in [0.2, 0.25) is 0 Å². The van der Waals surface area contributed by atoms with Gasteiger partial charge in [-0.05, 0) is 26.3 Å². The van der Waals surface area contributed by atoms with E-state index in [0.29, 0.717) is 0 Å². The summed E-state index contributed by atoms with van der Waals surface area (Å²) in [6.45, 7) is 5.43. The number of carbonyl (C=O) groups excluding carboxylic acids is 2. The first-order valence-electron chi connectivity index (χ1n) is 6.58. The van der Waals surface area contributed by atoms with Crippen LogP contribution in [0.5, 0.6) is 0 Å². The Labute approximate surface area is 133 Å². The molecule has 0 aliphatic rings. The van der Waals surface area contributed by atoms with Crippen LogP contribution in [-0.2, 0) is 20.9 Å². The lowest BCUT2D eigenvalue weighted by atomic mass is 10.2. The van der Waals surface area contributed by atoms with Crippen LogP contribution >= 0.6 is 15.9 Å². The van der Waals surface area contributed by atoms with E-state index in [1.165, 1.54) is 0 Å². The van der Waals surface area contributed by atoms with Gasteiger partial charge in [-0.3, -0.25) is 0 Å². The van der Waals surface area contributed by atoms with E-state index in [-0.39, 0.29) is 11.9 Å². The van der Waals surface area contributed by atoms with Gasteiger partial charge in [-0.25, -0.2) is 9.59 Å². The van der Waals surface area contributed by atoms with E-state index in [0.717, 1.165) is 5.56 Å². The van der Waals surface area contributed by atoms with Gasteiger partial charge in [0.05, 0.1) is 0 Å². The number of rotatable bonds is 5. The molecule has 1 aromatic rings. The molecule has 0 aliphatic carbocycles. The molecule has 0 fully saturated rings. The van der Waals surface area contributed by atoms with Gasteiger partial charge in [-0.2, -0.15) is 0 Å². The van der Waals surface area contributed by atoms with Crippen LogP contribution in [0.1, 0.15) is 26.3 Å². The lowest BCUT2D eigenvalue weighted by molar-refractivity contribution is -0.146. The molecule has 1 unspecified atom stereocenters. The number of benzene rings is 1. The van der Waals surface area contributed by atoms with Gasteiger partial charge in [0.2, 0.25) is 0 Å². The zero-order valence-electron chi connectivity index (χ0n) is 12.4. The fraction of sp³-hybridized carbons (Fsp3) is 0.467. The number of halogens is 1. The Morgan fingerprint density at radius 1 is 1.24 bits per heavy atom. The molecule has 0 saturated heterocycles. The Morgan fingerprint density at radius 3 is 2.38 bits per heavy atom. The average Bonchev–Trinajstić information content (AvgIpc) is 2.41. The van der Waals surface area contributed by atoms with Crippen LogP contribution in [0.3, 0.4) is 0 Å². The van der Waals surface area contributed by atoms with Gasteiger partial charge in [-0.1, -0.05) is 46.3 Å². The first kappa shape index (κ1) is 17.5. The van der Waals surface area contributed by atoms with Crippen molar-refractivity contribution in [3.8, 4) is 0 Å². The van der Waals surface area contributed by atoms with Crippen LogP contribution in [0, 0.1) is 0 Å². The van der Waals surface area contributed by atoms with Gasteiger partial charge in [0, 0.05) is 5.33 Å². The molecular formula is C15H20BrNO4. The third kappa shape index (κ3) is 7.13. The van der Waals surface area contributed by atoms with Crippen molar-refractivity contribution in [1.29, 1.82) is 0 Å². The Bertz CT molecular complexity index is 470. The second kappa shape index (κ2) is 8.02. The summed E-state index contributed by atoms with van der Waals surface area (Å²) < 4.78 is 10.3. The molecule has 116 valence electrons. The molecule has 1 atom stereocenters. The molecule has 6 heteroatoms. The van der Waals surface area contributed by atoms with Crippen LogP contribution in [0.4, 0.5) is 4.79 Å². The standard InChI is InChI=1S/C15H20BrNO4/c1-15(2,3)21-14(19)17-12(9-16)13(18)20-10-11-7-5-4-6-8-11/h4-8,12H,9-10H2,1-3H3,(H,17,19). The maximum atomic E-state index is 11.9. The molecule has 0 bridgehead atoms. The molecule has 1 N–H and O–H groups in total. The molecule has 0 radical (unpaired) electrons. The summed E-state index contributed by atoms with van der Waals surface area (Å²) in [5.41, 5.74) is 0.269. The van der Waals surface area contributed by atoms with Gasteiger partial charge in [0.25, 0.3) is 0 Å². The molecule has 0 aliphatic heterocycles. The topological polar surface area (TPSA) is 64.6 Å². The summed E-state index contributed by atoms with van der Waals surface area (Å²) >= 11 is 3.18. The molecule has 21 heavy (non-hydrogen) atoms. The van der Waals surface area contributed by atoms with E-state index >= 15 is 0 Å². The van der Waals surface area contributed by atoms with Crippen molar-refractivity contribution in [3.63, 3.8) is 0 Å². The van der Waals surface area contributed by atoms with Crippen molar-refractivity contribution in [2.45, 2.75) is 39.0 Å². The van der Waals surface area contributed by atoms with E-state index in [1.54, 1.807) is 20.8 Å². The second-order valence-corrected chi connectivity index (χ2v) is 6.09. The number of alkyl carbamates (subject to hydrolysis) is 1. The van der Waals surface area contributed by atoms with E-state index in [1.807, 2.05) is 30.3 Å². The predicted octanol–water partition coefficient (Wildman–Crippen LogP) is 3.02. The summed E-state index contributed by atoms with van der Waals surface area (Å²) in [6, 6.07) is 8.55. The van der Waals surface area contributed by atoms with Crippen LogP contribution in [0.15, 0.2) is 30.3 Å². The third-order valence-corrected chi connectivity index (χ3v) is 3.00. The summed E-state index contributed by atoms with van der Waals surface area (Å²) in [6.07, 6.45) is -0.649. The van der Waals surface area contributed by atoms with Gasteiger partial charge < -0.3 is 14.8 Å². The molecule has 5 nitrogen and oxygen atoms in total. The zero-order chi connectivity index (χ0) is 15.9. The fourth-order valence-corrected chi connectivity index (χ4v) is 1.87. The summed E-state index contributed by atoms with van der Waals surface area (Å²) in [4.78, 5) is 23.6. The maximum Gasteiger partial charge on any atom is 0.408 e. The zero-order valence-corrected chi connectivity index (χ0v) is 14.0. The van der Waals surface area contributed by atoms with Gasteiger partial charge >= 0.3 is 12.1 Å². The number of nitrogens with one attached hydrogen (secondary N) is 1. The minimum Gasteiger partial charge on any atom is -0.459 e. The number of esters is 1. The molecule has 0 aromatic heterocycles. The molecular weight excluding hydrogens is 338 g/mol. The number of ether oxygens (including phenoxy) is 2. The SMILES string of the molecule is CC(C)(C)OC(=O)NC(CBr)C(=O)OCc1ccccc1. The summed E-state index contributed by atoms with van der Waals surface area (Å²) in [7, 11) is 0. The van der Waals surface area contributed by atoms with Crippen molar-refractivity contribution >= 4 is 28.0 Å². The minimum atomic E-state index is -0.788. The van der Waals surface area contributed by atoms with Gasteiger partial charge in [0.1, 0.15) is 18.2 Å². The summed E-state index contributed by atoms with van der Waals surface area (Å²) in [5.74, 6) is -0.512. The van der Waals surface area contributed by atoms with E-state index < -0.39 is 23.7 Å². The Balaban J connectivity index is 2.48. The lowest BCUT2D eigenvalue weighted by Gasteiger charge is -2.22. The quantitative estimate of drug-likeness (QED) is 0.649. The number of alkyl halides is 1. The highest BCUT2D eigenvalue weighted by Gasteiger charge is 2.24. The number of hydrogen-bond acceptors (Lipinski definition) is 4. The van der Waals surface area contributed by atoms with Crippen molar-refractivity contribution < 1.29 is 19.1 Å². The van der Waals surface area contributed by atoms with E-state index in [4.69, 9.17) is 9.47 Å². The Kier molecular flexibility index (Phi) is 6.68. The smallest absolute Gasteiger partial charge is 0.408 e.